The first-order valence-corrected chi connectivity index (χ1v) is 43.9. The number of fused-ring (bicyclic) bond motifs is 7. The molecule has 0 radical (unpaired) electrons. The minimum atomic E-state index is -2.60. The summed E-state index contributed by atoms with van der Waals surface area (Å²) in [5.41, 5.74) is 12.9. The summed E-state index contributed by atoms with van der Waals surface area (Å²) in [5.74, 6) is 2.03. The molecule has 0 saturated heterocycles. The maximum Gasteiger partial charge on any atom is 0.346 e. The van der Waals surface area contributed by atoms with Crippen LogP contribution in [0.3, 0.4) is 0 Å². The van der Waals surface area contributed by atoms with Gasteiger partial charge in [-0.15, -0.1) is 22.7 Å². The molecule has 4 aromatic carbocycles. The topological polar surface area (TPSA) is 121 Å². The molecule has 536 valence electrons. The number of hydrogen-bond donors (Lipinski definition) is 1. The highest BCUT2D eigenvalue weighted by Crippen LogP contribution is 2.54. The van der Waals surface area contributed by atoms with Gasteiger partial charge in [0.15, 0.2) is 0 Å². The third kappa shape index (κ3) is 18.4. The van der Waals surface area contributed by atoms with Crippen LogP contribution in [0.5, 0.6) is 11.5 Å². The first-order chi connectivity index (χ1) is 49.5. The van der Waals surface area contributed by atoms with Gasteiger partial charge < -0.3 is 19.5 Å². The van der Waals surface area contributed by atoms with Gasteiger partial charge in [0.2, 0.25) is 0 Å². The summed E-state index contributed by atoms with van der Waals surface area (Å²) in [5, 5.41) is 23.3. The minimum absolute atomic E-state index is 0.232. The Morgan fingerprint density at radius 3 is 1.62 bits per heavy atom. The first-order valence-electron chi connectivity index (χ1n) is 39.8. The van der Waals surface area contributed by atoms with Crippen LogP contribution in [0.2, 0.25) is 12.1 Å². The lowest BCUT2D eigenvalue weighted by molar-refractivity contribution is -0.132. The Morgan fingerprint density at radius 2 is 1.10 bits per heavy atom. The fourth-order valence-corrected chi connectivity index (χ4v) is 27.1. The second-order valence-corrected chi connectivity index (χ2v) is 36.1. The first kappa shape index (κ1) is 75.3. The summed E-state index contributed by atoms with van der Waals surface area (Å²) in [7, 11) is -2.60. The molecule has 101 heavy (non-hydrogen) atoms. The maximum absolute atomic E-state index is 12.5. The number of thiophene rings is 2. The molecule has 8 aromatic rings. The molecule has 12 heteroatoms. The lowest BCUT2D eigenvalue weighted by Gasteiger charge is -2.35. The lowest BCUT2D eigenvalue weighted by Crippen LogP contribution is -2.56. The van der Waals surface area contributed by atoms with E-state index in [1.165, 1.54) is 190 Å². The number of carboxylic acids is 1. The van der Waals surface area contributed by atoms with Crippen LogP contribution >= 0.6 is 22.7 Å². The van der Waals surface area contributed by atoms with E-state index < -0.39 is 14.0 Å². The van der Waals surface area contributed by atoms with Gasteiger partial charge >= 0.3 is 5.97 Å². The van der Waals surface area contributed by atoms with Crippen molar-refractivity contribution in [3.63, 3.8) is 0 Å². The summed E-state index contributed by atoms with van der Waals surface area (Å²) in [6, 6.07) is 42.9. The van der Waals surface area contributed by atoms with Gasteiger partial charge in [0, 0.05) is 71.3 Å². The van der Waals surface area contributed by atoms with E-state index >= 15 is 0 Å². The molecule has 9 nitrogen and oxygen atoms in total. The standard InChI is InChI=1S/C89H115N5O4S2Si/c1-8-14-18-20-22-24-26-28-30-32-53-97-71-48-41-66(42-49-71)83-84(67-43-50-72(51-44-67)98-54-33-31-29-27-25-23-21-19-15-9-2)93-86-82(68-45-52-78-75(56-68)74-37-34-38-77(74)94(78)70-46-39-63(7)40-47-70)91-60-76(85(86)92-83)79-58-81-88(100-79)87-80(57-73(99-87)55-69(59-90)89(95)96)101(81,61-64(12-5)35-16-10-3)62-65(13-6)36-17-11-4/h39-52,55-58,60,64-65,74,77H,8-38,53-54,61-62H2,1-7H3,(H,95,96)/b69-55+. The van der Waals surface area contributed by atoms with Crippen LogP contribution in [0, 0.1) is 30.1 Å². The van der Waals surface area contributed by atoms with Gasteiger partial charge in [0.05, 0.1) is 30.3 Å². The number of carboxylic acid groups (broad SMARTS) is 1. The number of anilines is 2. The largest absolute Gasteiger partial charge is 0.494 e. The van der Waals surface area contributed by atoms with Crippen LogP contribution in [0.25, 0.3) is 71.1 Å². The van der Waals surface area contributed by atoms with Gasteiger partial charge in [-0.3, -0.25) is 4.98 Å². The Hall–Kier alpha value is -6.91. The second kappa shape index (κ2) is 37.5. The number of aromatic nitrogens is 3. The molecule has 4 aromatic heterocycles. The predicted molar refractivity (Wildman–Crippen MR) is 431 cm³/mol. The van der Waals surface area contributed by atoms with Crippen molar-refractivity contribution in [3.05, 3.63) is 131 Å². The molecule has 6 heterocycles. The highest BCUT2D eigenvalue weighted by atomic mass is 32.1. The highest BCUT2D eigenvalue weighted by Gasteiger charge is 2.50. The third-order valence-electron chi connectivity index (χ3n) is 22.6. The Morgan fingerprint density at radius 1 is 0.594 bits per heavy atom. The Bertz CT molecular complexity index is 4020. The molecular weight excluding hydrogens is 1300 g/mol. The van der Waals surface area contributed by atoms with Crippen molar-refractivity contribution in [1.82, 2.24) is 15.0 Å². The Balaban J connectivity index is 1.04. The number of pyridine rings is 1. The quantitative estimate of drug-likeness (QED) is 0.0172. The van der Waals surface area contributed by atoms with Gasteiger partial charge in [-0.05, 0) is 163 Å². The fourth-order valence-electron chi connectivity index (χ4n) is 16.7. The summed E-state index contributed by atoms with van der Waals surface area (Å²) in [4.78, 5) is 37.3. The van der Waals surface area contributed by atoms with Crippen molar-refractivity contribution in [2.24, 2.45) is 11.8 Å². The molecule has 0 bridgehead atoms. The van der Waals surface area contributed by atoms with E-state index in [4.69, 9.17) is 24.4 Å². The summed E-state index contributed by atoms with van der Waals surface area (Å²) in [6.45, 7) is 17.5. The van der Waals surface area contributed by atoms with Crippen LogP contribution in [-0.4, -0.2) is 53.4 Å². The monoisotopic (exact) mass is 1410 g/mol. The van der Waals surface area contributed by atoms with Crippen LogP contribution < -0.4 is 24.7 Å². The van der Waals surface area contributed by atoms with Crippen LogP contribution in [0.1, 0.15) is 263 Å². The van der Waals surface area contributed by atoms with Crippen molar-refractivity contribution in [2.75, 3.05) is 18.1 Å². The smallest absolute Gasteiger partial charge is 0.346 e. The summed E-state index contributed by atoms with van der Waals surface area (Å²) < 4.78 is 13.0. The van der Waals surface area contributed by atoms with Crippen molar-refractivity contribution in [1.29, 1.82) is 5.26 Å². The van der Waals surface area contributed by atoms with E-state index in [1.807, 2.05) is 17.4 Å². The summed E-state index contributed by atoms with van der Waals surface area (Å²) >= 11 is 3.52. The van der Waals surface area contributed by atoms with E-state index in [9.17, 15) is 15.2 Å². The van der Waals surface area contributed by atoms with Crippen molar-refractivity contribution in [2.45, 2.75) is 272 Å². The zero-order valence-electron chi connectivity index (χ0n) is 62.3. The number of aryl methyl sites for hydroxylation is 1. The van der Waals surface area contributed by atoms with Crippen LogP contribution in [0.15, 0.2) is 115 Å². The SMILES string of the molecule is CCCCCCCCCCCCOc1ccc(-c2nc3c(-c4cc5c(s4)-c4sc(/C=C(\C#N)C(=O)O)cc4[Si]5(CC(CC)CCCC)CC(CC)CCCC)cnc(-c4ccc5c(c4)C4CCCC4N5c4ccc(C)cc4)c3nc2-c2ccc(OCCCCCCCCCCCC)cc2)cc1. The average molecular weight is 1410 g/mol. The minimum Gasteiger partial charge on any atom is -0.494 e. The average Bonchev–Trinajstić information content (AvgIpc) is 1.56. The molecule has 0 amide bonds. The number of nitrogens with zero attached hydrogens (tertiary/aromatic N) is 5. The lowest BCUT2D eigenvalue weighted by atomic mass is 9.94. The van der Waals surface area contributed by atoms with Gasteiger partial charge in [-0.25, -0.2) is 14.8 Å². The van der Waals surface area contributed by atoms with Gasteiger partial charge in [-0.1, -0.05) is 239 Å². The molecule has 3 aliphatic rings. The molecule has 4 unspecified atom stereocenters. The normalized spacial score (nSPS) is 16.7. The van der Waals surface area contributed by atoms with Crippen LogP contribution in [0.4, 0.5) is 11.4 Å². The molecule has 1 saturated carbocycles. The maximum atomic E-state index is 12.5. The molecule has 4 atom stereocenters. The van der Waals surface area contributed by atoms with Crippen molar-refractivity contribution in [3.8, 4) is 71.5 Å². The number of rotatable bonds is 43. The Labute approximate surface area is 615 Å². The number of carbonyl (C=O) groups is 1. The van der Waals surface area contributed by atoms with E-state index in [-0.39, 0.29) is 5.57 Å². The highest BCUT2D eigenvalue weighted by molar-refractivity contribution is 7.31. The van der Waals surface area contributed by atoms with Gasteiger partial charge in [0.25, 0.3) is 0 Å². The Kier molecular flexibility index (Phi) is 27.9. The van der Waals surface area contributed by atoms with Crippen molar-refractivity contribution >= 4 is 75.6 Å². The fraction of sp³-hybridized carbons (Fsp3) is 0.517. The number of hydrogen-bond acceptors (Lipinski definition) is 10. The number of aliphatic carboxylic acids is 1. The molecular formula is C89H115N5O4S2Si. The van der Waals surface area contributed by atoms with Crippen LogP contribution in [-0.2, 0) is 4.79 Å². The number of benzene rings is 4. The zero-order valence-corrected chi connectivity index (χ0v) is 64.9. The second-order valence-electron chi connectivity index (χ2n) is 29.9. The van der Waals surface area contributed by atoms with Crippen molar-refractivity contribution < 1.29 is 19.4 Å². The summed E-state index contributed by atoms with van der Waals surface area (Å²) in [6.07, 6.45) is 42.2. The molecule has 1 fully saturated rings. The third-order valence-corrected chi connectivity index (χ3v) is 30.7. The van der Waals surface area contributed by atoms with E-state index in [0.29, 0.717) is 37.0 Å². The number of unbranched alkanes of at least 4 members (excludes halogenated alkanes) is 20. The van der Waals surface area contributed by atoms with E-state index in [2.05, 4.69) is 163 Å². The number of ether oxygens (including phenoxy) is 2. The molecule has 1 aliphatic carbocycles. The zero-order chi connectivity index (χ0) is 70.5. The van der Waals surface area contributed by atoms with E-state index in [1.54, 1.807) is 17.4 Å². The molecule has 2 aliphatic heterocycles. The van der Waals surface area contributed by atoms with Gasteiger partial charge in [-0.2, -0.15) is 5.26 Å². The number of nitriles is 1. The molecule has 1 N–H and O–H groups in total. The van der Waals surface area contributed by atoms with E-state index in [0.717, 1.165) is 135 Å². The van der Waals surface area contributed by atoms with Gasteiger partial charge in [0.1, 0.15) is 42.2 Å². The predicted octanol–water partition coefficient (Wildman–Crippen LogP) is 25.5. The molecule has 0 spiro atoms. The molecule has 11 rings (SSSR count).